The summed E-state index contributed by atoms with van der Waals surface area (Å²) in [6.07, 6.45) is 17.0. The molecule has 0 radical (unpaired) electrons. The Morgan fingerprint density at radius 3 is 2.14 bits per heavy atom. The van der Waals surface area contributed by atoms with Gasteiger partial charge in [0, 0.05) is 47.5 Å². The Hall–Kier alpha value is -2.61. The van der Waals surface area contributed by atoms with Gasteiger partial charge in [-0.15, -0.1) is 0 Å². The smallest absolute Gasteiger partial charge is 0.240 e. The normalized spacial score (nSPS) is 23.3. The van der Waals surface area contributed by atoms with E-state index in [4.69, 9.17) is 23.2 Å². The van der Waals surface area contributed by atoms with Gasteiger partial charge in [0.05, 0.1) is 6.04 Å². The molecule has 0 unspecified atom stereocenters. The maximum atomic E-state index is 14.3. The summed E-state index contributed by atoms with van der Waals surface area (Å²) in [5.41, 5.74) is 2.43. The Kier molecular flexibility index (Phi) is 10.5. The van der Waals surface area contributed by atoms with E-state index in [1.165, 1.54) is 32.1 Å². The first-order valence-electron chi connectivity index (χ1n) is 16.6. The summed E-state index contributed by atoms with van der Waals surface area (Å²) in [6, 6.07) is 16.4. The van der Waals surface area contributed by atoms with Crippen LogP contribution in [-0.2, 0) is 17.8 Å². The van der Waals surface area contributed by atoms with Crippen LogP contribution in [0, 0.1) is 11.3 Å². The van der Waals surface area contributed by atoms with Gasteiger partial charge in [-0.1, -0.05) is 54.6 Å². The lowest BCUT2D eigenvalue weighted by molar-refractivity contribution is -0.137. The van der Waals surface area contributed by atoms with Gasteiger partial charge in [-0.25, -0.2) is 4.98 Å². The summed E-state index contributed by atoms with van der Waals surface area (Å²) >= 11 is 12.3. The number of nitrogens with zero attached hydrogens (tertiary/aromatic N) is 4. The van der Waals surface area contributed by atoms with Crippen LogP contribution < -0.4 is 10.6 Å². The number of amides is 1. The zero-order valence-corrected chi connectivity index (χ0v) is 27.2. The summed E-state index contributed by atoms with van der Waals surface area (Å²) in [5, 5.41) is 13.5. The monoisotopic (exact) mass is 636 g/mol. The van der Waals surface area contributed by atoms with Crippen LogP contribution in [0.5, 0.6) is 0 Å². The molecule has 236 valence electrons. The molecule has 3 aliphatic rings. The molecule has 1 amide bonds. The first-order valence-corrected chi connectivity index (χ1v) is 17.4. The topological polar surface area (TPSA) is 75.1 Å². The minimum Gasteiger partial charge on any atom is -0.382 e. The zero-order chi connectivity index (χ0) is 30.4. The second-order valence-corrected chi connectivity index (χ2v) is 14.2. The average molecular weight is 638 g/mol. The molecular formula is C35H46Cl2N6O. The highest BCUT2D eigenvalue weighted by molar-refractivity contribution is 6.30. The molecule has 2 aromatic carbocycles. The Labute approximate surface area is 272 Å². The molecule has 1 atom stereocenters. The molecule has 0 bridgehead atoms. The van der Waals surface area contributed by atoms with Crippen LogP contribution in [0.15, 0.2) is 61.2 Å². The van der Waals surface area contributed by atoms with Crippen LogP contribution in [-0.4, -0.2) is 56.8 Å². The highest BCUT2D eigenvalue weighted by Crippen LogP contribution is 2.47. The molecule has 3 fully saturated rings. The summed E-state index contributed by atoms with van der Waals surface area (Å²) in [4.78, 5) is 20.6. The molecule has 6 rings (SSSR count). The van der Waals surface area contributed by atoms with Crippen molar-refractivity contribution < 1.29 is 4.79 Å². The lowest BCUT2D eigenvalue weighted by Gasteiger charge is -2.48. The SMILES string of the molecule is O=C([C@@H](Cc1ccc(Cl)cc1)N[C@H]1CC[C@H](Nc2ccc(Cl)cc2)CC1)N1CCC(Cn2cncn2)(C2CCCCC2)CC1. The van der Waals surface area contributed by atoms with E-state index in [1.807, 2.05) is 47.4 Å². The lowest BCUT2D eigenvalue weighted by atomic mass is 9.63. The number of carbonyl (C=O) groups is 1. The van der Waals surface area contributed by atoms with Crippen molar-refractivity contribution >= 4 is 34.8 Å². The summed E-state index contributed by atoms with van der Waals surface area (Å²) in [7, 11) is 0. The molecule has 1 saturated heterocycles. The van der Waals surface area contributed by atoms with Gasteiger partial charge in [0.2, 0.25) is 5.91 Å². The first-order chi connectivity index (χ1) is 21.5. The van der Waals surface area contributed by atoms with Gasteiger partial charge in [0.15, 0.2) is 0 Å². The van der Waals surface area contributed by atoms with Crippen molar-refractivity contribution in [3.63, 3.8) is 0 Å². The third-order valence-electron chi connectivity index (χ3n) is 10.5. The van der Waals surface area contributed by atoms with Crippen LogP contribution in [0.1, 0.15) is 76.2 Å². The minimum atomic E-state index is -0.251. The molecule has 1 aliphatic heterocycles. The van der Waals surface area contributed by atoms with Crippen molar-refractivity contribution in [1.82, 2.24) is 25.0 Å². The maximum Gasteiger partial charge on any atom is 0.240 e. The highest BCUT2D eigenvalue weighted by atomic mass is 35.5. The van der Waals surface area contributed by atoms with Crippen molar-refractivity contribution in [3.8, 4) is 0 Å². The Morgan fingerprint density at radius 2 is 1.50 bits per heavy atom. The molecule has 2 heterocycles. The lowest BCUT2D eigenvalue weighted by Crippen LogP contribution is -2.55. The molecule has 9 heteroatoms. The van der Waals surface area contributed by atoms with Crippen LogP contribution in [0.2, 0.25) is 10.0 Å². The fraction of sp³-hybridized carbons (Fsp3) is 0.571. The largest absolute Gasteiger partial charge is 0.382 e. The zero-order valence-electron chi connectivity index (χ0n) is 25.6. The molecule has 0 spiro atoms. The van der Waals surface area contributed by atoms with Gasteiger partial charge in [-0.05, 0) is 111 Å². The van der Waals surface area contributed by atoms with Crippen molar-refractivity contribution in [1.29, 1.82) is 0 Å². The number of hydrogen-bond donors (Lipinski definition) is 2. The second kappa shape index (κ2) is 14.7. The Bertz CT molecular complexity index is 1310. The predicted octanol–water partition coefficient (Wildman–Crippen LogP) is 7.40. The fourth-order valence-electron chi connectivity index (χ4n) is 7.98. The molecule has 2 aliphatic carbocycles. The third-order valence-corrected chi connectivity index (χ3v) is 11.0. The van der Waals surface area contributed by atoms with Gasteiger partial charge in [-0.2, -0.15) is 5.10 Å². The van der Waals surface area contributed by atoms with E-state index >= 15 is 0 Å². The van der Waals surface area contributed by atoms with E-state index in [0.717, 1.165) is 79.5 Å². The van der Waals surface area contributed by atoms with E-state index in [0.29, 0.717) is 24.4 Å². The van der Waals surface area contributed by atoms with Gasteiger partial charge >= 0.3 is 0 Å². The summed E-state index contributed by atoms with van der Waals surface area (Å²) in [6.45, 7) is 2.51. The van der Waals surface area contributed by atoms with Crippen LogP contribution in [0.3, 0.4) is 0 Å². The first kappa shape index (κ1) is 31.4. The van der Waals surface area contributed by atoms with E-state index in [2.05, 4.69) is 37.7 Å². The summed E-state index contributed by atoms with van der Waals surface area (Å²) in [5.74, 6) is 0.928. The number of hydrogen-bond acceptors (Lipinski definition) is 5. The van der Waals surface area contributed by atoms with Crippen molar-refractivity contribution in [2.75, 3.05) is 18.4 Å². The number of rotatable bonds is 10. The quantitative estimate of drug-likeness (QED) is 0.242. The molecule has 7 nitrogen and oxygen atoms in total. The number of nitrogens with one attached hydrogen (secondary N) is 2. The van der Waals surface area contributed by atoms with Crippen molar-refractivity contribution in [2.24, 2.45) is 11.3 Å². The van der Waals surface area contributed by atoms with E-state index < -0.39 is 0 Å². The Balaban J connectivity index is 1.10. The predicted molar refractivity (Wildman–Crippen MR) is 178 cm³/mol. The molecule has 3 aromatic rings. The minimum absolute atomic E-state index is 0.180. The molecular weight excluding hydrogens is 591 g/mol. The van der Waals surface area contributed by atoms with Crippen LogP contribution >= 0.6 is 23.2 Å². The number of piperidine rings is 1. The molecule has 2 saturated carbocycles. The van der Waals surface area contributed by atoms with Gasteiger partial charge in [-0.3, -0.25) is 9.48 Å². The number of benzene rings is 2. The Morgan fingerprint density at radius 1 is 0.864 bits per heavy atom. The third kappa shape index (κ3) is 7.96. The number of carbonyl (C=O) groups excluding carboxylic acids is 1. The van der Waals surface area contributed by atoms with Gasteiger partial charge < -0.3 is 15.5 Å². The fourth-order valence-corrected chi connectivity index (χ4v) is 8.24. The summed E-state index contributed by atoms with van der Waals surface area (Å²) < 4.78 is 2.02. The maximum absolute atomic E-state index is 14.3. The van der Waals surface area contributed by atoms with Crippen molar-refractivity contribution in [3.05, 3.63) is 76.8 Å². The second-order valence-electron chi connectivity index (χ2n) is 13.4. The highest BCUT2D eigenvalue weighted by Gasteiger charge is 2.44. The van der Waals surface area contributed by atoms with Gasteiger partial charge in [0.25, 0.3) is 0 Å². The van der Waals surface area contributed by atoms with Crippen LogP contribution in [0.25, 0.3) is 0 Å². The van der Waals surface area contributed by atoms with E-state index in [-0.39, 0.29) is 17.4 Å². The number of halogens is 2. The number of anilines is 1. The van der Waals surface area contributed by atoms with Gasteiger partial charge in [0.1, 0.15) is 12.7 Å². The number of likely N-dealkylation sites (tertiary alicyclic amines) is 1. The molecule has 44 heavy (non-hydrogen) atoms. The molecule has 2 N–H and O–H groups in total. The van der Waals surface area contributed by atoms with E-state index in [1.54, 1.807) is 6.33 Å². The van der Waals surface area contributed by atoms with Crippen LogP contribution in [0.4, 0.5) is 5.69 Å². The standard InChI is InChI=1S/C35H46Cl2N6O/c36-28-8-6-26(7-9-28)22-33(41-32-16-14-31(15-17-32)40-30-12-10-29(37)11-13-30)34(44)42-20-18-35(19-21-42,23-43-25-38-24-39-43)27-4-2-1-3-5-27/h6-13,24-25,27,31-33,40-41H,1-5,14-23H2/t31-,32-,33-/m1/s1. The van der Waals surface area contributed by atoms with Crippen molar-refractivity contribution in [2.45, 2.75) is 102 Å². The average Bonchev–Trinajstić information content (AvgIpc) is 3.57. The molecule has 1 aromatic heterocycles. The number of aromatic nitrogens is 3. The van der Waals surface area contributed by atoms with E-state index in [9.17, 15) is 4.79 Å².